The van der Waals surface area contributed by atoms with Crippen LogP contribution in [0.4, 0.5) is 57.7 Å². The molecule has 0 fully saturated rings. The summed E-state index contributed by atoms with van der Waals surface area (Å²) in [5.41, 5.74) is 12.0. The summed E-state index contributed by atoms with van der Waals surface area (Å²) in [7, 11) is -24.5. The maximum atomic E-state index is 12.7. The fourth-order valence-electron chi connectivity index (χ4n) is 5.86. The Balaban J connectivity index is 0.00000244. The molecule has 2 heterocycles. The summed E-state index contributed by atoms with van der Waals surface area (Å²) in [4.78, 5) is 41.1. The van der Waals surface area contributed by atoms with Gasteiger partial charge in [0.1, 0.15) is 48.2 Å². The Hall–Kier alpha value is -7.86. The third kappa shape index (κ3) is 14.6. The number of benzene rings is 4. The number of primary amides is 2. The molecule has 0 aliphatic carbocycles. The van der Waals surface area contributed by atoms with E-state index in [4.69, 9.17) is 53.0 Å². The highest BCUT2D eigenvalue weighted by Gasteiger charge is 2.28. The zero-order chi connectivity index (χ0) is 55.4. The number of azo groups is 2. The van der Waals surface area contributed by atoms with Crippen molar-refractivity contribution in [2.45, 2.75) is 32.9 Å². The highest BCUT2D eigenvalue weighted by atomic mass is 35.5. The number of hydrogen-bond donors (Lipinski definition) is 11. The van der Waals surface area contributed by atoms with Crippen molar-refractivity contribution < 1.29 is 79.2 Å². The van der Waals surface area contributed by atoms with Gasteiger partial charge in [0, 0.05) is 5.69 Å². The number of rotatable bonds is 17. The van der Waals surface area contributed by atoms with Crippen molar-refractivity contribution in [3.63, 3.8) is 0 Å². The number of fused-ring (bicyclic) bond motifs is 1. The normalized spacial score (nSPS) is 12.1. The number of aromatic hydroxyl groups is 1. The summed E-state index contributed by atoms with van der Waals surface area (Å²) in [6.45, 7) is 0.885. The van der Waals surface area contributed by atoms with E-state index in [1.54, 1.807) is 0 Å². The lowest BCUT2D eigenvalue weighted by Gasteiger charge is -2.14. The number of phenolic OH excluding ortho intramolecular Hbond substituents is 1. The first kappa shape index (κ1) is 57.0. The van der Waals surface area contributed by atoms with Gasteiger partial charge in [-0.05, 0) is 77.5 Å². The van der Waals surface area contributed by atoms with Crippen LogP contribution >= 0.6 is 23.2 Å². The van der Waals surface area contributed by atoms with Crippen molar-refractivity contribution in [1.29, 1.82) is 0 Å². The van der Waals surface area contributed by atoms with Gasteiger partial charge in [-0.15, -0.1) is 33.1 Å². The van der Waals surface area contributed by atoms with Gasteiger partial charge >= 0.3 is 10.6 Å². The van der Waals surface area contributed by atoms with Gasteiger partial charge in [0.2, 0.25) is 40.2 Å². The molecule has 6 aromatic rings. The predicted octanol–water partition coefficient (Wildman–Crippen LogP) is 2.34. The van der Waals surface area contributed by atoms with Crippen molar-refractivity contribution in [2.24, 2.45) is 31.9 Å². The third-order valence-corrected chi connectivity index (χ3v) is 12.6. The number of halogens is 2. The first-order valence-electron chi connectivity index (χ1n) is 18.7. The van der Waals surface area contributed by atoms with E-state index in [2.05, 4.69) is 66.3 Å². The number of phenols is 1. The number of nitrogens with one attached hydrogen (secondary N) is 3. The monoisotopic (exact) mass is 1170 g/mol. The molecule has 0 saturated carbocycles. The van der Waals surface area contributed by atoms with E-state index in [0.717, 1.165) is 30.3 Å². The predicted molar refractivity (Wildman–Crippen MR) is 252 cm³/mol. The number of nitrogens with zero attached hydrogens (tertiary/aromatic N) is 10. The summed E-state index contributed by atoms with van der Waals surface area (Å²) in [6, 6.07) is 5.60. The maximum absolute atomic E-state index is 12.7. The van der Waals surface area contributed by atoms with Crippen LogP contribution in [0.2, 0.25) is 10.6 Å². The molecule has 0 atom stereocenters. The molecule has 0 spiro atoms. The van der Waals surface area contributed by atoms with Crippen LogP contribution in [-0.4, -0.2) is 118 Å². The number of carbonyl (C=O) groups is 2. The fourth-order valence-corrected chi connectivity index (χ4v) is 8.92. The van der Waals surface area contributed by atoms with Crippen LogP contribution in [-0.2, 0) is 67.1 Å². The molecule has 0 radical (unpaired) electrons. The van der Waals surface area contributed by atoms with Crippen molar-refractivity contribution in [3.8, 4) is 5.75 Å². The zero-order valence-corrected chi connectivity index (χ0v) is 41.6. The first-order chi connectivity index (χ1) is 34.1. The van der Waals surface area contributed by atoms with E-state index >= 15 is 0 Å². The number of amides is 2. The minimum Gasteiger partial charge on any atom is -0.505 e. The van der Waals surface area contributed by atoms with E-state index < -0.39 is 158 Å². The number of nitrogens with two attached hydrogens (primary N) is 3. The van der Waals surface area contributed by atoms with E-state index in [1.807, 2.05) is 0 Å². The quantitative estimate of drug-likeness (QED) is 0.0355. The largest absolute Gasteiger partial charge is 0.505 e. The van der Waals surface area contributed by atoms with E-state index in [0.29, 0.717) is 6.07 Å². The lowest BCUT2D eigenvalue weighted by atomic mass is 10.1. The Morgan fingerprint density at radius 2 is 1.11 bits per heavy atom. The molecule has 41 heteroatoms. The molecular weight excluding hydrogens is 1140 g/mol. The molecule has 14 N–H and O–H groups in total. The van der Waals surface area contributed by atoms with E-state index in [1.165, 1.54) is 6.92 Å². The molecule has 6 rings (SSSR count). The second-order valence-electron chi connectivity index (χ2n) is 13.9. The molecule has 0 bridgehead atoms. The van der Waals surface area contributed by atoms with Crippen LogP contribution in [0.1, 0.15) is 11.4 Å². The molecule has 4 aromatic carbocycles. The number of anilines is 6. The van der Waals surface area contributed by atoms with Crippen LogP contribution in [0.25, 0.3) is 10.8 Å². The average Bonchev–Trinajstić information content (AvgIpc) is 3.23. The van der Waals surface area contributed by atoms with E-state index in [-0.39, 0.29) is 39.8 Å². The average molecular weight is 1170 g/mol. The molecule has 0 aliphatic heterocycles. The third-order valence-electron chi connectivity index (χ3n) is 8.74. The highest BCUT2D eigenvalue weighted by Crippen LogP contribution is 2.46. The molecule has 34 nitrogen and oxygen atoms in total. The molecule has 0 saturated heterocycles. The Kier molecular flexibility index (Phi) is 17.0. The molecule has 392 valence electrons. The number of aromatic nitrogens is 6. The van der Waals surface area contributed by atoms with Gasteiger partial charge < -0.3 is 38.3 Å². The lowest BCUT2D eigenvalue weighted by Crippen LogP contribution is -2.23. The maximum Gasteiger partial charge on any atom is 0.425 e. The smallest absolute Gasteiger partial charge is 0.425 e. The van der Waals surface area contributed by atoms with Gasteiger partial charge in [-0.25, -0.2) is 4.98 Å². The van der Waals surface area contributed by atoms with Crippen molar-refractivity contribution in [1.82, 2.24) is 29.9 Å². The van der Waals surface area contributed by atoms with Crippen molar-refractivity contribution >= 4 is 155 Å². The minimum atomic E-state index is -5.53. The molecule has 2 amide bonds. The standard InChI is InChI=1S/C33H28Cl2N16O15S4.O3S/c1-11-4-18(67(55,56)57)16(6-14(11)40-32-43-24(9-22(36)52)42-29(34)45-32)49-48-13-3-2-12-5-21(70(64,65)66)27(26(38)25(12)28(13)54)51-50-17-7-15(19(68(58,59)60)8-20(17)69(61,62)63)41-33-46-30(35)44-31(47-33)39-10-23(37)53;1-4(2)3/h2-8,54H,9-10,38H2,1H3,(H2,36,52)(H2,37,53)(H,55,56,57)(H,58,59,60)(H,61,62,63)(H,64,65,66)(H,40,42,43,45)(H2,39,41,44,46,47);. The van der Waals surface area contributed by atoms with Crippen LogP contribution in [0, 0.1) is 6.92 Å². The Morgan fingerprint density at radius 3 is 1.66 bits per heavy atom. The molecular formula is C33H28Cl2N16O18S5. The molecule has 74 heavy (non-hydrogen) atoms. The zero-order valence-electron chi connectivity index (χ0n) is 36.0. The molecule has 2 aromatic heterocycles. The summed E-state index contributed by atoms with van der Waals surface area (Å²) in [5, 5.41) is 32.3. The van der Waals surface area contributed by atoms with Crippen LogP contribution in [0.3, 0.4) is 0 Å². The lowest BCUT2D eigenvalue weighted by molar-refractivity contribution is -0.117. The molecule has 0 unspecified atom stereocenters. The molecule has 0 aliphatic rings. The number of carbonyl (C=O) groups excluding carboxylic acids is 2. The number of aryl methyl sites for hydroxylation is 1. The Bertz CT molecular complexity index is 3980. The van der Waals surface area contributed by atoms with Crippen LogP contribution in [0.15, 0.2) is 82.5 Å². The topological polar surface area (TPSA) is 564 Å². The fraction of sp³-hybridized carbons (Fsp3) is 0.0909. The summed E-state index contributed by atoms with van der Waals surface area (Å²) in [5.74, 6) is -3.97. The second kappa shape index (κ2) is 22.1. The summed E-state index contributed by atoms with van der Waals surface area (Å²) >= 11 is 11.9. The first-order valence-corrected chi connectivity index (χ1v) is 26.2. The van der Waals surface area contributed by atoms with Gasteiger partial charge in [-0.1, -0.05) is 6.07 Å². The van der Waals surface area contributed by atoms with Gasteiger partial charge in [0.05, 0.1) is 29.7 Å². The van der Waals surface area contributed by atoms with Crippen LogP contribution in [0.5, 0.6) is 5.75 Å². The Labute approximate surface area is 424 Å². The van der Waals surface area contributed by atoms with E-state index in [9.17, 15) is 66.6 Å². The van der Waals surface area contributed by atoms with Gasteiger partial charge in [0.25, 0.3) is 40.5 Å². The Morgan fingerprint density at radius 1 is 0.622 bits per heavy atom. The number of nitrogen functional groups attached to an aromatic ring is 1. The SMILES string of the molecule is Cc1cc(S(=O)(=O)O)c(N=Nc2ccc3cc(S(=O)(=O)O)c(N=Nc4cc(Nc5nc(Cl)nc(NCC(N)=O)n5)c(S(=O)(=O)O)cc4S(=O)(=O)O)c(N)c3c2O)cc1Nc1nc(Cl)nc(CC(N)=O)n1.O=S(=O)=O. The minimum absolute atomic E-state index is 0.0413. The van der Waals surface area contributed by atoms with Gasteiger partial charge in [0.15, 0.2) is 5.75 Å². The second-order valence-corrected chi connectivity index (χ2v) is 20.6. The van der Waals surface area contributed by atoms with Gasteiger partial charge in [-0.3, -0.25) is 27.8 Å². The number of hydrogen-bond acceptors (Lipinski definition) is 28. The highest BCUT2D eigenvalue weighted by molar-refractivity contribution is 7.87. The van der Waals surface area contributed by atoms with Crippen molar-refractivity contribution in [2.75, 3.05) is 28.2 Å². The van der Waals surface area contributed by atoms with Crippen molar-refractivity contribution in [3.05, 3.63) is 64.4 Å². The summed E-state index contributed by atoms with van der Waals surface area (Å²) < 4.78 is 166. The van der Waals surface area contributed by atoms with Crippen LogP contribution < -0.4 is 33.2 Å². The summed E-state index contributed by atoms with van der Waals surface area (Å²) in [6.07, 6.45) is -0.429. The van der Waals surface area contributed by atoms with Gasteiger partial charge in [-0.2, -0.15) is 58.6 Å².